The zero-order valence-corrected chi connectivity index (χ0v) is 11.9. The first-order valence-corrected chi connectivity index (χ1v) is 6.78. The van der Waals surface area contributed by atoms with Crippen molar-refractivity contribution in [3.05, 3.63) is 30.1 Å². The van der Waals surface area contributed by atoms with Crippen LogP contribution in [0, 0.1) is 0 Å². The van der Waals surface area contributed by atoms with Crippen LogP contribution in [0.2, 0.25) is 0 Å². The van der Waals surface area contributed by atoms with Crippen LogP contribution in [-0.4, -0.2) is 64.7 Å². The predicted molar refractivity (Wildman–Crippen MR) is 74.7 cm³/mol. The van der Waals surface area contributed by atoms with Crippen LogP contribution in [0.15, 0.2) is 24.5 Å². The molecule has 7 heteroatoms. The van der Waals surface area contributed by atoms with Crippen molar-refractivity contribution >= 4 is 12.0 Å². The van der Waals surface area contributed by atoms with E-state index in [4.69, 9.17) is 9.84 Å². The molecular formula is C14H19N3O4. The Morgan fingerprint density at radius 1 is 1.48 bits per heavy atom. The summed E-state index contributed by atoms with van der Waals surface area (Å²) in [5.74, 6) is -0.930. The van der Waals surface area contributed by atoms with Crippen LogP contribution >= 0.6 is 0 Å². The molecule has 1 unspecified atom stereocenters. The number of amides is 2. The zero-order valence-electron chi connectivity index (χ0n) is 11.9. The second-order valence-corrected chi connectivity index (χ2v) is 5.01. The third kappa shape index (κ3) is 4.16. The minimum Gasteiger partial charge on any atom is -0.481 e. The molecule has 1 atom stereocenters. The second kappa shape index (κ2) is 7.03. The maximum Gasteiger partial charge on any atom is 0.320 e. The zero-order chi connectivity index (χ0) is 15.2. The molecular weight excluding hydrogens is 274 g/mol. The van der Waals surface area contributed by atoms with Crippen LogP contribution in [0.1, 0.15) is 12.0 Å². The molecule has 1 aromatic rings. The van der Waals surface area contributed by atoms with Gasteiger partial charge in [-0.3, -0.25) is 9.78 Å². The Morgan fingerprint density at radius 3 is 2.86 bits per heavy atom. The van der Waals surface area contributed by atoms with E-state index >= 15 is 0 Å². The molecule has 114 valence electrons. The number of rotatable bonds is 4. The van der Waals surface area contributed by atoms with Crippen molar-refractivity contribution in [2.75, 3.05) is 26.8 Å². The molecule has 0 radical (unpaired) electrons. The number of aliphatic carboxylic acids is 1. The fraction of sp³-hybridized carbons (Fsp3) is 0.500. The molecule has 1 N–H and O–H groups in total. The van der Waals surface area contributed by atoms with E-state index in [2.05, 4.69) is 4.98 Å². The van der Waals surface area contributed by atoms with Gasteiger partial charge in [0.05, 0.1) is 25.7 Å². The van der Waals surface area contributed by atoms with Crippen molar-refractivity contribution in [2.45, 2.75) is 19.0 Å². The summed E-state index contributed by atoms with van der Waals surface area (Å²) < 4.78 is 5.28. The Kier molecular flexibility index (Phi) is 5.10. The normalized spacial score (nSPS) is 18.3. The number of carboxylic acids is 1. The molecule has 2 rings (SSSR count). The number of ether oxygens (including phenoxy) is 1. The fourth-order valence-electron chi connectivity index (χ4n) is 2.33. The van der Waals surface area contributed by atoms with Crippen molar-refractivity contribution in [1.29, 1.82) is 0 Å². The predicted octanol–water partition coefficient (Wildman–Crippen LogP) is 0.809. The van der Waals surface area contributed by atoms with Gasteiger partial charge in [0.15, 0.2) is 0 Å². The molecule has 0 spiro atoms. The van der Waals surface area contributed by atoms with Crippen LogP contribution in [0.4, 0.5) is 4.79 Å². The highest BCUT2D eigenvalue weighted by molar-refractivity contribution is 5.76. The van der Waals surface area contributed by atoms with E-state index < -0.39 is 12.0 Å². The van der Waals surface area contributed by atoms with Crippen molar-refractivity contribution in [1.82, 2.24) is 14.8 Å². The van der Waals surface area contributed by atoms with Gasteiger partial charge in [-0.1, -0.05) is 0 Å². The Bertz CT molecular complexity index is 494. The van der Waals surface area contributed by atoms with Crippen molar-refractivity contribution in [3.8, 4) is 0 Å². The number of urea groups is 1. The summed E-state index contributed by atoms with van der Waals surface area (Å²) in [6, 6.07) is 3.10. The summed E-state index contributed by atoms with van der Waals surface area (Å²) in [6.45, 7) is 1.57. The van der Waals surface area contributed by atoms with E-state index in [9.17, 15) is 9.59 Å². The largest absolute Gasteiger partial charge is 0.481 e. The van der Waals surface area contributed by atoms with Gasteiger partial charge in [0.25, 0.3) is 0 Å². The third-order valence-corrected chi connectivity index (χ3v) is 3.38. The van der Waals surface area contributed by atoms with E-state index in [1.54, 1.807) is 29.2 Å². The lowest BCUT2D eigenvalue weighted by molar-refractivity contribution is -0.139. The molecule has 1 saturated heterocycles. The molecule has 1 aromatic heterocycles. The number of hydrogen-bond acceptors (Lipinski definition) is 4. The van der Waals surface area contributed by atoms with E-state index in [0.717, 1.165) is 5.56 Å². The van der Waals surface area contributed by atoms with Crippen molar-refractivity contribution in [2.24, 2.45) is 0 Å². The van der Waals surface area contributed by atoms with Gasteiger partial charge in [0, 0.05) is 32.5 Å². The van der Waals surface area contributed by atoms with Crippen molar-refractivity contribution in [3.63, 3.8) is 0 Å². The van der Waals surface area contributed by atoms with Gasteiger partial charge in [-0.2, -0.15) is 0 Å². The summed E-state index contributed by atoms with van der Waals surface area (Å²) in [6.07, 6.45) is 3.25. The van der Waals surface area contributed by atoms with E-state index in [1.807, 2.05) is 12.1 Å². The van der Waals surface area contributed by atoms with Gasteiger partial charge in [0.1, 0.15) is 0 Å². The highest BCUT2D eigenvalue weighted by Gasteiger charge is 2.30. The Balaban J connectivity index is 2.00. The standard InChI is InChI=1S/C14H19N3O4/c1-16(9-11-2-4-15-5-3-11)14(20)17-6-7-21-10-12(17)8-13(18)19/h2-5,12H,6-10H2,1H3,(H,18,19). The number of aromatic nitrogens is 1. The first-order valence-electron chi connectivity index (χ1n) is 6.78. The van der Waals surface area contributed by atoms with Gasteiger partial charge in [-0.15, -0.1) is 0 Å². The van der Waals surface area contributed by atoms with Crippen LogP contribution in [0.3, 0.4) is 0 Å². The molecule has 0 aromatic carbocycles. The number of morpholine rings is 1. The highest BCUT2D eigenvalue weighted by atomic mass is 16.5. The minimum atomic E-state index is -0.930. The van der Waals surface area contributed by atoms with Gasteiger partial charge < -0.3 is 19.6 Å². The van der Waals surface area contributed by atoms with Crippen LogP contribution in [0.5, 0.6) is 0 Å². The van der Waals surface area contributed by atoms with E-state index in [-0.39, 0.29) is 19.1 Å². The Morgan fingerprint density at radius 2 is 2.19 bits per heavy atom. The average Bonchev–Trinajstić information content (AvgIpc) is 2.47. The molecule has 1 aliphatic heterocycles. The van der Waals surface area contributed by atoms with Gasteiger partial charge in [-0.25, -0.2) is 4.79 Å². The smallest absolute Gasteiger partial charge is 0.320 e. The Labute approximate surface area is 123 Å². The molecule has 2 amide bonds. The van der Waals surface area contributed by atoms with Gasteiger partial charge >= 0.3 is 12.0 Å². The number of pyridine rings is 1. The fourth-order valence-corrected chi connectivity index (χ4v) is 2.33. The molecule has 21 heavy (non-hydrogen) atoms. The number of nitrogens with zero attached hydrogens (tertiary/aromatic N) is 3. The molecule has 1 aliphatic rings. The monoisotopic (exact) mass is 293 g/mol. The number of carbonyl (C=O) groups excluding carboxylic acids is 1. The second-order valence-electron chi connectivity index (χ2n) is 5.01. The summed E-state index contributed by atoms with van der Waals surface area (Å²) in [5.41, 5.74) is 0.976. The first-order chi connectivity index (χ1) is 10.1. The number of hydrogen-bond donors (Lipinski definition) is 1. The first kappa shape index (κ1) is 15.2. The van der Waals surface area contributed by atoms with Crippen molar-refractivity contribution < 1.29 is 19.4 Å². The summed E-state index contributed by atoms with van der Waals surface area (Å²) in [7, 11) is 1.70. The topological polar surface area (TPSA) is 83.0 Å². The van der Waals surface area contributed by atoms with Crippen LogP contribution in [-0.2, 0) is 16.1 Å². The van der Waals surface area contributed by atoms with Crippen LogP contribution < -0.4 is 0 Å². The molecule has 1 fully saturated rings. The molecule has 0 aliphatic carbocycles. The lowest BCUT2D eigenvalue weighted by Gasteiger charge is -2.37. The number of carboxylic acid groups (broad SMARTS) is 1. The lowest BCUT2D eigenvalue weighted by Crippen LogP contribution is -2.53. The lowest BCUT2D eigenvalue weighted by atomic mass is 10.1. The number of carbonyl (C=O) groups is 2. The maximum atomic E-state index is 12.5. The summed E-state index contributed by atoms with van der Waals surface area (Å²) in [5, 5.41) is 8.93. The quantitative estimate of drug-likeness (QED) is 0.888. The summed E-state index contributed by atoms with van der Waals surface area (Å²) in [4.78, 5) is 30.5. The third-order valence-electron chi connectivity index (χ3n) is 3.38. The molecule has 0 saturated carbocycles. The van der Waals surface area contributed by atoms with Gasteiger partial charge in [-0.05, 0) is 17.7 Å². The minimum absolute atomic E-state index is 0.102. The summed E-state index contributed by atoms with van der Waals surface area (Å²) >= 11 is 0. The Hall–Kier alpha value is -2.15. The average molecular weight is 293 g/mol. The molecule has 7 nitrogen and oxygen atoms in total. The molecule has 0 bridgehead atoms. The van der Waals surface area contributed by atoms with Gasteiger partial charge in [0.2, 0.25) is 0 Å². The highest BCUT2D eigenvalue weighted by Crippen LogP contribution is 2.14. The SMILES string of the molecule is CN(Cc1ccncc1)C(=O)N1CCOCC1CC(=O)O. The van der Waals surface area contributed by atoms with Crippen LogP contribution in [0.25, 0.3) is 0 Å². The molecule has 2 heterocycles. The van der Waals surface area contributed by atoms with E-state index in [1.165, 1.54) is 0 Å². The van der Waals surface area contributed by atoms with E-state index in [0.29, 0.717) is 19.7 Å². The maximum absolute atomic E-state index is 12.5.